The van der Waals surface area contributed by atoms with Crippen LogP contribution in [-0.4, -0.2) is 6.61 Å². The average Bonchev–Trinajstić information content (AvgIpc) is 2.00. The van der Waals surface area contributed by atoms with E-state index in [4.69, 9.17) is 4.74 Å². The van der Waals surface area contributed by atoms with E-state index >= 15 is 0 Å². The molecule has 1 nitrogen and oxygen atoms in total. The molecule has 0 spiro atoms. The maximum absolute atomic E-state index is 5.38. The quantitative estimate of drug-likeness (QED) is 0.447. The number of hydrogen-bond donors (Lipinski definition) is 0. The molecule has 0 rings (SSSR count). The first kappa shape index (κ1) is 12.0. The summed E-state index contributed by atoms with van der Waals surface area (Å²) in [5.74, 6) is 1.39. The van der Waals surface area contributed by atoms with Crippen LogP contribution in [0.2, 0.25) is 0 Å². The molecule has 1 heteroatoms. The fourth-order valence-corrected chi connectivity index (χ4v) is 0.709. The van der Waals surface area contributed by atoms with Gasteiger partial charge in [-0.25, -0.2) is 0 Å². The minimum Gasteiger partial charge on any atom is -0.494 e. The van der Waals surface area contributed by atoms with Gasteiger partial charge in [0.15, 0.2) is 0 Å². The molecule has 0 aliphatic rings. The molecule has 74 valence electrons. The van der Waals surface area contributed by atoms with E-state index in [-0.39, 0.29) is 0 Å². The molecule has 0 saturated heterocycles. The molecule has 0 radical (unpaired) electrons. The Morgan fingerprint density at radius 3 is 2.38 bits per heavy atom. The second-order valence-electron chi connectivity index (χ2n) is 3.68. The highest BCUT2D eigenvalue weighted by Gasteiger charge is 1.94. The molecule has 0 bridgehead atoms. The van der Waals surface area contributed by atoms with E-state index in [1.165, 1.54) is 0 Å². The number of hydrogen-bond acceptors (Lipinski definition) is 1. The van der Waals surface area contributed by atoms with Gasteiger partial charge in [0.1, 0.15) is 5.76 Å². The molecule has 13 heavy (non-hydrogen) atoms. The maximum atomic E-state index is 5.38. The Labute approximate surface area is 81.8 Å². The van der Waals surface area contributed by atoms with Crippen molar-refractivity contribution in [2.45, 2.75) is 27.2 Å². The molecule has 0 aromatic heterocycles. The van der Waals surface area contributed by atoms with Crippen LogP contribution < -0.4 is 0 Å². The van der Waals surface area contributed by atoms with Crippen LogP contribution in [0.3, 0.4) is 0 Å². The van der Waals surface area contributed by atoms with E-state index in [0.29, 0.717) is 11.7 Å². The molecule has 0 atom stereocenters. The van der Waals surface area contributed by atoms with Crippen molar-refractivity contribution in [1.82, 2.24) is 0 Å². The molecule has 0 heterocycles. The van der Waals surface area contributed by atoms with Crippen molar-refractivity contribution in [3.63, 3.8) is 0 Å². The molecule has 0 aromatic rings. The highest BCUT2D eigenvalue weighted by molar-refractivity contribution is 5.19. The van der Waals surface area contributed by atoms with E-state index < -0.39 is 0 Å². The van der Waals surface area contributed by atoms with Crippen molar-refractivity contribution in [3.8, 4) is 0 Å². The van der Waals surface area contributed by atoms with Crippen molar-refractivity contribution in [2.75, 3.05) is 6.61 Å². The molecule has 0 saturated carbocycles. The lowest BCUT2D eigenvalue weighted by Crippen LogP contribution is -1.97. The topological polar surface area (TPSA) is 9.23 Å². The van der Waals surface area contributed by atoms with Gasteiger partial charge in [0.2, 0.25) is 0 Å². The highest BCUT2D eigenvalue weighted by Crippen LogP contribution is 2.04. The van der Waals surface area contributed by atoms with Crippen LogP contribution in [0.1, 0.15) is 27.2 Å². The summed E-state index contributed by atoms with van der Waals surface area (Å²) in [6, 6.07) is 0. The molecule has 0 unspecified atom stereocenters. The van der Waals surface area contributed by atoms with Crippen LogP contribution >= 0.6 is 0 Å². The molecular formula is C12H20O. The minimum absolute atomic E-state index is 0.679. The summed E-state index contributed by atoms with van der Waals surface area (Å²) in [5.41, 5.74) is 1.01. The third-order valence-electron chi connectivity index (χ3n) is 1.54. The van der Waals surface area contributed by atoms with Gasteiger partial charge >= 0.3 is 0 Å². The smallest absolute Gasteiger partial charge is 0.112 e. The van der Waals surface area contributed by atoms with Gasteiger partial charge in [-0.2, -0.15) is 0 Å². The largest absolute Gasteiger partial charge is 0.494 e. The van der Waals surface area contributed by atoms with Gasteiger partial charge in [-0.05, 0) is 25.3 Å². The molecule has 0 aliphatic heterocycles. The van der Waals surface area contributed by atoms with E-state index in [1.54, 1.807) is 0 Å². The first-order valence-corrected chi connectivity index (χ1v) is 4.67. The Morgan fingerprint density at radius 2 is 1.92 bits per heavy atom. The van der Waals surface area contributed by atoms with Crippen molar-refractivity contribution in [2.24, 2.45) is 5.92 Å². The van der Waals surface area contributed by atoms with E-state index in [2.05, 4.69) is 27.0 Å². The summed E-state index contributed by atoms with van der Waals surface area (Å²) in [6.45, 7) is 14.6. The molecule has 0 aromatic carbocycles. The van der Waals surface area contributed by atoms with E-state index in [0.717, 1.165) is 18.6 Å². The summed E-state index contributed by atoms with van der Waals surface area (Å²) >= 11 is 0. The van der Waals surface area contributed by atoms with Gasteiger partial charge < -0.3 is 4.74 Å². The van der Waals surface area contributed by atoms with Gasteiger partial charge in [-0.3, -0.25) is 0 Å². The normalized spacial score (nSPS) is 10.8. The predicted molar refractivity (Wildman–Crippen MR) is 58.5 cm³/mol. The molecule has 0 aliphatic carbocycles. The van der Waals surface area contributed by atoms with Crippen LogP contribution in [0.25, 0.3) is 0 Å². The minimum atomic E-state index is 0.679. The second kappa shape index (κ2) is 6.53. The van der Waals surface area contributed by atoms with Crippen molar-refractivity contribution < 1.29 is 4.74 Å². The Balaban J connectivity index is 3.58. The summed E-state index contributed by atoms with van der Waals surface area (Å²) < 4.78 is 5.38. The fourth-order valence-electron chi connectivity index (χ4n) is 0.709. The van der Waals surface area contributed by atoms with Crippen molar-refractivity contribution >= 4 is 0 Å². The Kier molecular flexibility index (Phi) is 6.03. The fraction of sp³-hybridized carbons (Fsp3) is 0.500. The standard InChI is InChI=1S/C12H20O/c1-10(2)6-7-12(5)13-9-8-11(3)4/h6-7,11H,1,5,8-9H2,2-4H3/b7-6-. The zero-order valence-electron chi connectivity index (χ0n) is 8.97. The summed E-state index contributed by atoms with van der Waals surface area (Å²) in [4.78, 5) is 0. The summed E-state index contributed by atoms with van der Waals surface area (Å²) in [7, 11) is 0. The predicted octanol–water partition coefficient (Wildman–Crippen LogP) is 3.70. The lowest BCUT2D eigenvalue weighted by Gasteiger charge is -2.07. The van der Waals surface area contributed by atoms with Gasteiger partial charge in [-0.15, -0.1) is 0 Å². The zero-order chi connectivity index (χ0) is 10.3. The second-order valence-corrected chi connectivity index (χ2v) is 3.68. The van der Waals surface area contributed by atoms with Crippen molar-refractivity contribution in [3.05, 3.63) is 36.6 Å². The lowest BCUT2D eigenvalue weighted by molar-refractivity contribution is 0.208. The lowest BCUT2D eigenvalue weighted by atomic mass is 10.1. The van der Waals surface area contributed by atoms with Crippen molar-refractivity contribution in [1.29, 1.82) is 0 Å². The van der Waals surface area contributed by atoms with Gasteiger partial charge in [0, 0.05) is 0 Å². The zero-order valence-corrected chi connectivity index (χ0v) is 8.97. The summed E-state index contributed by atoms with van der Waals surface area (Å²) in [6.07, 6.45) is 4.82. The third-order valence-corrected chi connectivity index (χ3v) is 1.54. The van der Waals surface area contributed by atoms with E-state index in [1.807, 2.05) is 19.1 Å². The molecular weight excluding hydrogens is 160 g/mol. The molecule has 0 fully saturated rings. The van der Waals surface area contributed by atoms with Crippen LogP contribution in [0.15, 0.2) is 36.6 Å². The Bertz CT molecular complexity index is 199. The van der Waals surface area contributed by atoms with E-state index in [9.17, 15) is 0 Å². The van der Waals surface area contributed by atoms with Gasteiger partial charge in [0.25, 0.3) is 0 Å². The monoisotopic (exact) mass is 180 g/mol. The van der Waals surface area contributed by atoms with Crippen LogP contribution in [0.4, 0.5) is 0 Å². The number of allylic oxidation sites excluding steroid dienone is 3. The first-order valence-electron chi connectivity index (χ1n) is 4.67. The Hall–Kier alpha value is -0.980. The third kappa shape index (κ3) is 8.93. The Morgan fingerprint density at radius 1 is 1.31 bits per heavy atom. The average molecular weight is 180 g/mol. The van der Waals surface area contributed by atoms with Crippen LogP contribution in [0.5, 0.6) is 0 Å². The van der Waals surface area contributed by atoms with Crippen LogP contribution in [0, 0.1) is 5.92 Å². The molecule has 0 N–H and O–H groups in total. The number of ether oxygens (including phenoxy) is 1. The molecule has 0 amide bonds. The van der Waals surface area contributed by atoms with Crippen LogP contribution in [-0.2, 0) is 4.74 Å². The first-order chi connectivity index (χ1) is 6.02. The number of rotatable bonds is 6. The SMILES string of the molecule is C=C(C)/C=C\C(=C)OCCC(C)C. The maximum Gasteiger partial charge on any atom is 0.112 e. The summed E-state index contributed by atoms with van der Waals surface area (Å²) in [5, 5.41) is 0. The van der Waals surface area contributed by atoms with Gasteiger partial charge in [-0.1, -0.05) is 38.7 Å². The van der Waals surface area contributed by atoms with Gasteiger partial charge in [0.05, 0.1) is 6.61 Å². The highest BCUT2D eigenvalue weighted by atomic mass is 16.5.